The fourth-order valence-electron chi connectivity index (χ4n) is 3.43. The molecule has 0 spiro atoms. The van der Waals surface area contributed by atoms with E-state index in [4.69, 9.17) is 0 Å². The Bertz CT molecular complexity index is 789. The summed E-state index contributed by atoms with van der Waals surface area (Å²) in [6, 6.07) is -0.943. The summed E-state index contributed by atoms with van der Waals surface area (Å²) in [4.78, 5) is 32.7. The quantitative estimate of drug-likeness (QED) is 0.782. The largest absolute Gasteiger partial charge is 0.365 e. The van der Waals surface area contributed by atoms with E-state index in [1.807, 2.05) is 0 Å². The number of anilines is 1. The van der Waals surface area contributed by atoms with Crippen molar-refractivity contribution in [1.82, 2.24) is 14.8 Å². The van der Waals surface area contributed by atoms with Gasteiger partial charge in [0.1, 0.15) is 4.88 Å². The molecule has 8 nitrogen and oxygen atoms in total. The molecular formula is C14H20N4O4S2. The highest BCUT2D eigenvalue weighted by Gasteiger charge is 2.49. The van der Waals surface area contributed by atoms with Crippen molar-refractivity contribution >= 4 is 38.1 Å². The summed E-state index contributed by atoms with van der Waals surface area (Å²) in [5.74, 6) is -0.531. The zero-order chi connectivity index (χ0) is 17.6. The van der Waals surface area contributed by atoms with Crippen molar-refractivity contribution in [1.29, 1.82) is 0 Å². The molecule has 0 bridgehead atoms. The highest BCUT2D eigenvalue weighted by atomic mass is 32.2. The molecule has 1 aromatic rings. The highest BCUT2D eigenvalue weighted by molar-refractivity contribution is 7.91. The SMILES string of the molecule is CNc1nc(C)c(C(=O)N2CCN(C(C)=O)[C@H]3CS(=O)(=O)C[C@H]32)s1. The van der Waals surface area contributed by atoms with Gasteiger partial charge in [-0.2, -0.15) is 0 Å². The number of fused-ring (bicyclic) bond motifs is 1. The molecule has 2 saturated heterocycles. The van der Waals surface area contributed by atoms with Crippen molar-refractivity contribution in [2.45, 2.75) is 25.9 Å². The van der Waals surface area contributed by atoms with Crippen LogP contribution in [0.4, 0.5) is 5.13 Å². The maximum Gasteiger partial charge on any atom is 0.266 e. The normalized spacial score (nSPS) is 25.5. The number of amides is 2. The smallest absolute Gasteiger partial charge is 0.266 e. The third-order valence-corrected chi connectivity index (χ3v) is 7.41. The van der Waals surface area contributed by atoms with Crippen LogP contribution in [0.25, 0.3) is 0 Å². The van der Waals surface area contributed by atoms with Crippen molar-refractivity contribution in [3.05, 3.63) is 10.6 Å². The van der Waals surface area contributed by atoms with E-state index in [0.717, 1.165) is 0 Å². The number of carbonyl (C=O) groups is 2. The number of sulfone groups is 1. The van der Waals surface area contributed by atoms with Gasteiger partial charge in [0.25, 0.3) is 5.91 Å². The maximum absolute atomic E-state index is 13.0. The van der Waals surface area contributed by atoms with Crippen LogP contribution in [0, 0.1) is 6.92 Å². The van der Waals surface area contributed by atoms with Crippen molar-refractivity contribution in [3.8, 4) is 0 Å². The molecule has 0 radical (unpaired) electrons. The molecule has 2 fully saturated rings. The number of nitrogens with zero attached hydrogens (tertiary/aromatic N) is 3. The molecule has 10 heteroatoms. The summed E-state index contributed by atoms with van der Waals surface area (Å²) < 4.78 is 24.2. The first kappa shape index (κ1) is 17.2. The van der Waals surface area contributed by atoms with Crippen molar-refractivity contribution in [2.24, 2.45) is 0 Å². The summed E-state index contributed by atoms with van der Waals surface area (Å²) in [5.41, 5.74) is 0.626. The summed E-state index contributed by atoms with van der Waals surface area (Å²) in [6.07, 6.45) is 0. The number of nitrogens with one attached hydrogen (secondary N) is 1. The summed E-state index contributed by atoms with van der Waals surface area (Å²) in [6.45, 7) is 3.89. The standard InChI is InChI=1S/C14H20N4O4S2/c1-8-12(23-14(15-3)16-8)13(20)18-5-4-17(9(2)19)10-6-24(21,22)7-11(10)18/h10-11H,4-7H2,1-3H3,(H,15,16)/t10-,11+/m0/s1. The molecule has 0 saturated carbocycles. The third-order valence-electron chi connectivity index (χ3n) is 4.55. The van der Waals surface area contributed by atoms with Crippen LogP contribution < -0.4 is 5.32 Å². The predicted octanol–water partition coefficient (Wildman–Crippen LogP) is -0.0369. The van der Waals surface area contributed by atoms with E-state index in [-0.39, 0.29) is 23.3 Å². The van der Waals surface area contributed by atoms with Crippen LogP contribution in [0.15, 0.2) is 0 Å². The average Bonchev–Trinajstić information content (AvgIpc) is 3.03. The molecule has 2 atom stereocenters. The summed E-state index contributed by atoms with van der Waals surface area (Å²) in [7, 11) is -1.53. The van der Waals surface area contributed by atoms with Gasteiger partial charge < -0.3 is 15.1 Å². The van der Waals surface area contributed by atoms with Crippen molar-refractivity contribution < 1.29 is 18.0 Å². The zero-order valence-electron chi connectivity index (χ0n) is 13.8. The van der Waals surface area contributed by atoms with E-state index in [1.54, 1.807) is 23.8 Å². The van der Waals surface area contributed by atoms with Gasteiger partial charge in [-0.25, -0.2) is 13.4 Å². The molecule has 0 aliphatic carbocycles. The number of hydrogen-bond acceptors (Lipinski definition) is 7. The molecule has 1 aromatic heterocycles. The molecule has 2 aliphatic rings. The minimum Gasteiger partial charge on any atom is -0.365 e. The predicted molar refractivity (Wildman–Crippen MR) is 91.1 cm³/mol. The Kier molecular flexibility index (Phi) is 4.28. The Morgan fingerprint density at radius 3 is 2.33 bits per heavy atom. The third kappa shape index (κ3) is 2.88. The lowest BCUT2D eigenvalue weighted by Crippen LogP contribution is -2.61. The lowest BCUT2D eigenvalue weighted by Gasteiger charge is -2.43. The maximum atomic E-state index is 13.0. The van der Waals surface area contributed by atoms with E-state index < -0.39 is 21.9 Å². The molecule has 2 aliphatic heterocycles. The Morgan fingerprint density at radius 2 is 1.79 bits per heavy atom. The second kappa shape index (κ2) is 5.99. The van der Waals surface area contributed by atoms with Gasteiger partial charge in [-0.1, -0.05) is 11.3 Å². The lowest BCUT2D eigenvalue weighted by molar-refractivity contribution is -0.133. The number of aryl methyl sites for hydroxylation is 1. The Balaban J connectivity index is 1.92. The van der Waals surface area contributed by atoms with Gasteiger partial charge in [0, 0.05) is 27.1 Å². The first-order chi connectivity index (χ1) is 11.2. The second-order valence-electron chi connectivity index (χ2n) is 6.11. The van der Waals surface area contributed by atoms with Crippen LogP contribution >= 0.6 is 11.3 Å². The van der Waals surface area contributed by atoms with Crippen LogP contribution in [-0.4, -0.2) is 78.7 Å². The fourth-order valence-corrected chi connectivity index (χ4v) is 6.29. The first-order valence-corrected chi connectivity index (χ1v) is 10.3. The minimum atomic E-state index is -3.27. The van der Waals surface area contributed by atoms with Gasteiger partial charge >= 0.3 is 0 Å². The Labute approximate surface area is 144 Å². The molecule has 132 valence electrons. The number of rotatable bonds is 2. The van der Waals surface area contributed by atoms with Crippen LogP contribution in [0.2, 0.25) is 0 Å². The number of aromatic nitrogens is 1. The van der Waals surface area contributed by atoms with Crippen LogP contribution in [0.3, 0.4) is 0 Å². The molecule has 3 heterocycles. The van der Waals surface area contributed by atoms with E-state index >= 15 is 0 Å². The van der Waals surface area contributed by atoms with Crippen molar-refractivity contribution in [3.63, 3.8) is 0 Å². The van der Waals surface area contributed by atoms with Gasteiger partial charge in [-0.3, -0.25) is 9.59 Å². The zero-order valence-corrected chi connectivity index (χ0v) is 15.4. The highest BCUT2D eigenvalue weighted by Crippen LogP contribution is 2.31. The van der Waals surface area contributed by atoms with E-state index in [9.17, 15) is 18.0 Å². The summed E-state index contributed by atoms with van der Waals surface area (Å²) in [5, 5.41) is 3.56. The average molecular weight is 372 g/mol. The topological polar surface area (TPSA) is 99.7 Å². The lowest BCUT2D eigenvalue weighted by atomic mass is 10.0. The fraction of sp³-hybridized carbons (Fsp3) is 0.643. The Hall–Kier alpha value is -1.68. The van der Waals surface area contributed by atoms with Gasteiger partial charge in [-0.05, 0) is 6.92 Å². The summed E-state index contributed by atoms with van der Waals surface area (Å²) >= 11 is 1.26. The molecule has 0 unspecified atom stereocenters. The molecule has 1 N–H and O–H groups in total. The van der Waals surface area contributed by atoms with Crippen LogP contribution in [0.5, 0.6) is 0 Å². The number of carbonyl (C=O) groups excluding carboxylic acids is 2. The Morgan fingerprint density at radius 1 is 1.21 bits per heavy atom. The monoisotopic (exact) mass is 372 g/mol. The van der Waals surface area contributed by atoms with Gasteiger partial charge in [0.2, 0.25) is 5.91 Å². The van der Waals surface area contributed by atoms with Crippen molar-refractivity contribution in [2.75, 3.05) is 37.0 Å². The second-order valence-corrected chi connectivity index (χ2v) is 9.26. The molecular weight excluding hydrogens is 352 g/mol. The van der Waals surface area contributed by atoms with Gasteiger partial charge in [0.15, 0.2) is 15.0 Å². The molecule has 2 amide bonds. The number of thiazole rings is 1. The first-order valence-electron chi connectivity index (χ1n) is 7.67. The van der Waals surface area contributed by atoms with Gasteiger partial charge in [0.05, 0.1) is 29.3 Å². The minimum absolute atomic E-state index is 0.0789. The van der Waals surface area contributed by atoms with E-state index in [0.29, 0.717) is 28.8 Å². The molecule has 3 rings (SSSR count). The van der Waals surface area contributed by atoms with Gasteiger partial charge in [-0.15, -0.1) is 0 Å². The number of hydrogen-bond donors (Lipinski definition) is 1. The number of piperazine rings is 1. The van der Waals surface area contributed by atoms with Crippen LogP contribution in [-0.2, 0) is 14.6 Å². The molecule has 24 heavy (non-hydrogen) atoms. The van der Waals surface area contributed by atoms with E-state index in [2.05, 4.69) is 10.3 Å². The molecule has 0 aromatic carbocycles. The van der Waals surface area contributed by atoms with E-state index in [1.165, 1.54) is 18.3 Å². The van der Waals surface area contributed by atoms with Crippen LogP contribution in [0.1, 0.15) is 22.3 Å².